The number of carbonyl (C=O) groups excluding carboxylic acids is 1. The highest BCUT2D eigenvalue weighted by atomic mass is 32.2. The molecule has 6 nitrogen and oxygen atoms in total. The van der Waals surface area contributed by atoms with Gasteiger partial charge in [-0.05, 0) is 24.7 Å². The van der Waals surface area contributed by atoms with Crippen LogP contribution in [-0.2, 0) is 19.6 Å². The monoisotopic (exact) mass is 309 g/mol. The fourth-order valence-corrected chi connectivity index (χ4v) is 2.27. The molecule has 0 saturated heterocycles. The molecule has 0 aliphatic heterocycles. The second-order valence-corrected chi connectivity index (χ2v) is 7.41. The van der Waals surface area contributed by atoms with Gasteiger partial charge in [0.2, 0.25) is 0 Å². The predicted molar refractivity (Wildman–Crippen MR) is 78.1 cm³/mol. The largest absolute Gasteiger partial charge is 0.461 e. The zero-order valence-corrected chi connectivity index (χ0v) is 13.6. The Balaban J connectivity index is 4.06. The summed E-state index contributed by atoms with van der Waals surface area (Å²) in [5.41, 5.74) is 0. The van der Waals surface area contributed by atoms with E-state index in [9.17, 15) is 13.2 Å². The van der Waals surface area contributed by atoms with Crippen molar-refractivity contribution < 1.29 is 22.5 Å². The SMILES string of the molecule is CC(C)CC(CC(C)C)OC(=O)CNCCS(=O)(=O)O. The zero-order chi connectivity index (χ0) is 15.8. The number of carbonyl (C=O) groups is 1. The molecule has 0 bridgehead atoms. The van der Waals surface area contributed by atoms with Crippen LogP contribution < -0.4 is 5.32 Å². The molecule has 0 unspecified atom stereocenters. The zero-order valence-electron chi connectivity index (χ0n) is 12.8. The van der Waals surface area contributed by atoms with Crippen molar-refractivity contribution in [3.63, 3.8) is 0 Å². The van der Waals surface area contributed by atoms with Gasteiger partial charge in [-0.15, -0.1) is 0 Å². The van der Waals surface area contributed by atoms with Gasteiger partial charge < -0.3 is 10.1 Å². The average Bonchev–Trinajstić information content (AvgIpc) is 2.21. The van der Waals surface area contributed by atoms with Crippen molar-refractivity contribution >= 4 is 16.1 Å². The lowest BCUT2D eigenvalue weighted by atomic mass is 9.98. The Morgan fingerprint density at radius 2 is 1.65 bits per heavy atom. The van der Waals surface area contributed by atoms with E-state index in [4.69, 9.17) is 9.29 Å². The highest BCUT2D eigenvalue weighted by Gasteiger charge is 2.17. The second kappa shape index (κ2) is 9.31. The number of nitrogens with one attached hydrogen (secondary N) is 1. The molecule has 0 aliphatic carbocycles. The molecule has 0 amide bonds. The van der Waals surface area contributed by atoms with E-state index >= 15 is 0 Å². The van der Waals surface area contributed by atoms with Gasteiger partial charge in [-0.25, -0.2) is 0 Å². The minimum atomic E-state index is -3.99. The van der Waals surface area contributed by atoms with Gasteiger partial charge in [-0.3, -0.25) is 9.35 Å². The van der Waals surface area contributed by atoms with Gasteiger partial charge in [-0.2, -0.15) is 8.42 Å². The van der Waals surface area contributed by atoms with E-state index < -0.39 is 21.8 Å². The molecule has 0 radical (unpaired) electrons. The number of esters is 1. The van der Waals surface area contributed by atoms with Crippen LogP contribution in [0.2, 0.25) is 0 Å². The molecule has 7 heteroatoms. The first-order valence-corrected chi connectivity index (χ1v) is 8.56. The van der Waals surface area contributed by atoms with Gasteiger partial charge in [0.25, 0.3) is 10.1 Å². The molecule has 0 heterocycles. The molecule has 0 atom stereocenters. The minimum Gasteiger partial charge on any atom is -0.461 e. The summed E-state index contributed by atoms with van der Waals surface area (Å²) in [5, 5.41) is 2.64. The van der Waals surface area contributed by atoms with Gasteiger partial charge in [0.05, 0.1) is 12.3 Å². The summed E-state index contributed by atoms with van der Waals surface area (Å²) in [6.45, 7) is 8.27. The number of hydrogen-bond donors (Lipinski definition) is 2. The topological polar surface area (TPSA) is 92.7 Å². The van der Waals surface area contributed by atoms with Crippen LogP contribution in [0.25, 0.3) is 0 Å². The van der Waals surface area contributed by atoms with Crippen LogP contribution in [0.4, 0.5) is 0 Å². The Morgan fingerprint density at radius 1 is 1.15 bits per heavy atom. The maximum absolute atomic E-state index is 11.6. The van der Waals surface area contributed by atoms with Gasteiger partial charge in [0, 0.05) is 6.54 Å². The van der Waals surface area contributed by atoms with Gasteiger partial charge in [0.15, 0.2) is 0 Å². The lowest BCUT2D eigenvalue weighted by Gasteiger charge is -2.21. The third-order valence-electron chi connectivity index (χ3n) is 2.57. The van der Waals surface area contributed by atoms with Crippen molar-refractivity contribution in [2.45, 2.75) is 46.6 Å². The van der Waals surface area contributed by atoms with E-state index in [1.807, 2.05) is 0 Å². The van der Waals surface area contributed by atoms with E-state index in [0.29, 0.717) is 11.8 Å². The smallest absolute Gasteiger partial charge is 0.320 e. The van der Waals surface area contributed by atoms with E-state index in [-0.39, 0.29) is 19.2 Å². The maximum atomic E-state index is 11.6. The van der Waals surface area contributed by atoms with Crippen LogP contribution in [0, 0.1) is 11.8 Å². The molecular weight excluding hydrogens is 282 g/mol. The van der Waals surface area contributed by atoms with Crippen LogP contribution >= 0.6 is 0 Å². The molecule has 0 saturated carbocycles. The van der Waals surface area contributed by atoms with E-state index in [2.05, 4.69) is 33.0 Å². The van der Waals surface area contributed by atoms with Crippen LogP contribution in [0.3, 0.4) is 0 Å². The van der Waals surface area contributed by atoms with Crippen molar-refractivity contribution in [1.82, 2.24) is 5.32 Å². The third-order valence-corrected chi connectivity index (χ3v) is 3.29. The molecule has 120 valence electrons. The fourth-order valence-electron chi connectivity index (χ4n) is 1.86. The van der Waals surface area contributed by atoms with Crippen LogP contribution in [0.15, 0.2) is 0 Å². The first-order valence-electron chi connectivity index (χ1n) is 6.95. The van der Waals surface area contributed by atoms with Crippen molar-refractivity contribution in [3.05, 3.63) is 0 Å². The highest BCUT2D eigenvalue weighted by molar-refractivity contribution is 7.85. The Morgan fingerprint density at radius 3 is 2.05 bits per heavy atom. The summed E-state index contributed by atoms with van der Waals surface area (Å²) in [5.74, 6) is 0.0755. The van der Waals surface area contributed by atoms with Gasteiger partial charge >= 0.3 is 5.97 Å². The first kappa shape index (κ1) is 19.3. The normalized spacial score (nSPS) is 12.4. The Hall–Kier alpha value is -0.660. The number of ether oxygens (including phenoxy) is 1. The van der Waals surface area contributed by atoms with Crippen LogP contribution in [0.1, 0.15) is 40.5 Å². The fraction of sp³-hybridized carbons (Fsp3) is 0.923. The first-order chi connectivity index (χ1) is 9.10. The van der Waals surface area contributed by atoms with E-state index in [1.54, 1.807) is 0 Å². The van der Waals surface area contributed by atoms with Crippen LogP contribution in [0.5, 0.6) is 0 Å². The predicted octanol–water partition coefficient (Wildman–Crippen LogP) is 1.47. The third kappa shape index (κ3) is 12.4. The average molecular weight is 309 g/mol. The van der Waals surface area contributed by atoms with Crippen molar-refractivity contribution in [1.29, 1.82) is 0 Å². The number of hydrogen-bond acceptors (Lipinski definition) is 5. The summed E-state index contributed by atoms with van der Waals surface area (Å²) in [6, 6.07) is 0. The van der Waals surface area contributed by atoms with Gasteiger partial charge in [-0.1, -0.05) is 27.7 Å². The molecule has 0 rings (SSSR count). The maximum Gasteiger partial charge on any atom is 0.320 e. The minimum absolute atomic E-state index is 0.0208. The molecule has 0 aromatic rings. The molecule has 0 aromatic carbocycles. The van der Waals surface area contributed by atoms with E-state index in [1.165, 1.54) is 0 Å². The molecule has 0 fully saturated rings. The second-order valence-electron chi connectivity index (χ2n) is 5.83. The van der Waals surface area contributed by atoms with Crippen LogP contribution in [-0.4, -0.2) is 43.9 Å². The summed E-state index contributed by atoms with van der Waals surface area (Å²) < 4.78 is 34.9. The summed E-state index contributed by atoms with van der Waals surface area (Å²) >= 11 is 0. The Labute approximate surface area is 122 Å². The van der Waals surface area contributed by atoms with Crippen molar-refractivity contribution in [2.24, 2.45) is 11.8 Å². The summed E-state index contributed by atoms with van der Waals surface area (Å²) in [4.78, 5) is 11.6. The molecule has 20 heavy (non-hydrogen) atoms. The molecule has 0 spiro atoms. The molecule has 2 N–H and O–H groups in total. The van der Waals surface area contributed by atoms with Gasteiger partial charge in [0.1, 0.15) is 6.10 Å². The standard InChI is InChI=1S/C13H27NO5S/c1-10(2)7-12(8-11(3)4)19-13(15)9-14-5-6-20(16,17)18/h10-12,14H,5-9H2,1-4H3,(H,16,17,18). The van der Waals surface area contributed by atoms with Crippen molar-refractivity contribution in [2.75, 3.05) is 18.8 Å². The summed E-state index contributed by atoms with van der Waals surface area (Å²) in [7, 11) is -3.99. The molecular formula is C13H27NO5S. The van der Waals surface area contributed by atoms with Crippen molar-refractivity contribution in [3.8, 4) is 0 Å². The number of rotatable bonds is 10. The lowest BCUT2D eigenvalue weighted by Crippen LogP contribution is -2.32. The Bertz CT molecular complexity index is 368. The molecule has 0 aromatic heterocycles. The summed E-state index contributed by atoms with van der Waals surface area (Å²) in [6.07, 6.45) is 1.52. The molecule has 0 aliphatic rings. The Kier molecular flexibility index (Phi) is 9.00. The van der Waals surface area contributed by atoms with E-state index in [0.717, 1.165) is 12.8 Å². The quantitative estimate of drug-likeness (QED) is 0.361. The highest BCUT2D eigenvalue weighted by Crippen LogP contribution is 2.16. The lowest BCUT2D eigenvalue weighted by molar-refractivity contribution is -0.149.